The van der Waals surface area contributed by atoms with Crippen molar-refractivity contribution >= 4 is 29.4 Å². The summed E-state index contributed by atoms with van der Waals surface area (Å²) in [4.78, 5) is 35.8. The Morgan fingerprint density at radius 3 is 2.68 bits per heavy atom. The summed E-state index contributed by atoms with van der Waals surface area (Å²) in [5.74, 6) is -2.28. The molecule has 22 heavy (non-hydrogen) atoms. The van der Waals surface area contributed by atoms with Crippen LogP contribution in [0.1, 0.15) is 13.8 Å². The summed E-state index contributed by atoms with van der Waals surface area (Å²) in [7, 11) is 0. The SMILES string of the molecule is CC(=O)NC=CSC1=C(C(=O)[O-])N2CC(C(C)O)C2C1=O.[Na+]. The van der Waals surface area contributed by atoms with Gasteiger partial charge in [-0.2, -0.15) is 0 Å². The van der Waals surface area contributed by atoms with E-state index in [1.165, 1.54) is 23.4 Å². The van der Waals surface area contributed by atoms with Crippen LogP contribution in [-0.4, -0.2) is 46.4 Å². The van der Waals surface area contributed by atoms with E-state index >= 15 is 0 Å². The summed E-state index contributed by atoms with van der Waals surface area (Å²) in [6.45, 7) is 3.23. The van der Waals surface area contributed by atoms with Crippen molar-refractivity contribution in [1.82, 2.24) is 10.2 Å². The summed E-state index contributed by atoms with van der Waals surface area (Å²) in [6.07, 6.45) is 0.652. The number of carbonyl (C=O) groups is 3. The van der Waals surface area contributed by atoms with Gasteiger partial charge in [-0.15, -0.1) is 0 Å². The van der Waals surface area contributed by atoms with E-state index in [0.29, 0.717) is 6.54 Å². The van der Waals surface area contributed by atoms with Crippen LogP contribution in [0.15, 0.2) is 22.2 Å². The van der Waals surface area contributed by atoms with Gasteiger partial charge in [-0.05, 0) is 12.3 Å². The first-order chi connectivity index (χ1) is 9.84. The molecule has 0 aliphatic carbocycles. The summed E-state index contributed by atoms with van der Waals surface area (Å²) < 4.78 is 0. The number of fused-ring (bicyclic) bond motifs is 1. The van der Waals surface area contributed by atoms with E-state index < -0.39 is 18.1 Å². The molecular formula is C13H15N2NaO5S. The maximum Gasteiger partial charge on any atom is 1.00 e. The summed E-state index contributed by atoms with van der Waals surface area (Å²) in [5, 5.41) is 24.7. The normalized spacial score (nSPS) is 24.7. The Morgan fingerprint density at radius 2 is 2.18 bits per heavy atom. The molecule has 1 saturated heterocycles. The molecule has 2 aliphatic heterocycles. The van der Waals surface area contributed by atoms with Crippen LogP contribution in [-0.2, 0) is 14.4 Å². The number of Topliss-reactive ketones (excluding diaryl/α,β-unsaturated/α-hetero) is 1. The van der Waals surface area contributed by atoms with E-state index in [9.17, 15) is 24.6 Å². The molecule has 0 spiro atoms. The Hall–Kier alpha value is -0.800. The van der Waals surface area contributed by atoms with Crippen molar-refractivity contribution in [1.29, 1.82) is 0 Å². The first kappa shape index (κ1) is 19.2. The molecule has 114 valence electrons. The first-order valence-corrected chi connectivity index (χ1v) is 7.26. The number of aliphatic hydroxyl groups is 1. The Labute approximate surface area is 154 Å². The number of ketones is 1. The van der Waals surface area contributed by atoms with Gasteiger partial charge in [-0.25, -0.2) is 0 Å². The first-order valence-electron chi connectivity index (χ1n) is 6.38. The number of aliphatic hydroxyl groups excluding tert-OH is 1. The number of thioether (sulfide) groups is 1. The van der Waals surface area contributed by atoms with E-state index in [2.05, 4.69) is 5.32 Å². The van der Waals surface area contributed by atoms with E-state index in [4.69, 9.17) is 0 Å². The molecule has 2 heterocycles. The second kappa shape index (κ2) is 7.65. The molecule has 2 N–H and O–H groups in total. The molecule has 2 rings (SSSR count). The summed E-state index contributed by atoms with van der Waals surface area (Å²) >= 11 is 0.922. The van der Waals surface area contributed by atoms with Crippen molar-refractivity contribution in [3.63, 3.8) is 0 Å². The molecule has 1 amide bonds. The number of amides is 1. The van der Waals surface area contributed by atoms with E-state index in [1.54, 1.807) is 6.92 Å². The number of carboxylic acid groups (broad SMARTS) is 1. The number of carbonyl (C=O) groups excluding carboxylic acids is 3. The van der Waals surface area contributed by atoms with Gasteiger partial charge < -0.3 is 25.2 Å². The second-order valence-electron chi connectivity index (χ2n) is 4.95. The topological polar surface area (TPSA) is 110 Å². The number of nitrogens with one attached hydrogen (secondary N) is 1. The van der Waals surface area contributed by atoms with Gasteiger partial charge in [-0.1, -0.05) is 11.8 Å². The van der Waals surface area contributed by atoms with E-state index in [1.807, 2.05) is 0 Å². The Morgan fingerprint density at radius 1 is 1.55 bits per heavy atom. The average molecular weight is 334 g/mol. The Bertz CT molecular complexity index is 561. The number of rotatable bonds is 5. The van der Waals surface area contributed by atoms with Gasteiger partial charge in [0.05, 0.1) is 22.7 Å². The molecule has 3 unspecified atom stereocenters. The molecule has 0 aromatic carbocycles. The van der Waals surface area contributed by atoms with Gasteiger partial charge in [0.15, 0.2) is 5.78 Å². The third kappa shape index (κ3) is 3.57. The zero-order chi connectivity index (χ0) is 15.7. The molecule has 0 bridgehead atoms. The summed E-state index contributed by atoms with van der Waals surface area (Å²) in [5.41, 5.74) is -0.139. The maximum absolute atomic E-state index is 12.3. The van der Waals surface area contributed by atoms with Gasteiger partial charge in [0.25, 0.3) is 0 Å². The van der Waals surface area contributed by atoms with Crippen molar-refractivity contribution in [2.45, 2.75) is 26.0 Å². The molecule has 0 aromatic heterocycles. The van der Waals surface area contributed by atoms with Crippen molar-refractivity contribution < 1.29 is 54.2 Å². The predicted octanol–water partition coefficient (Wildman–Crippen LogP) is -4.44. The second-order valence-corrected chi connectivity index (χ2v) is 5.87. The van der Waals surface area contributed by atoms with Crippen molar-refractivity contribution in [3.8, 4) is 0 Å². The molecule has 9 heteroatoms. The van der Waals surface area contributed by atoms with Crippen LogP contribution in [0, 0.1) is 5.92 Å². The van der Waals surface area contributed by atoms with Crippen molar-refractivity contribution in [2.24, 2.45) is 5.92 Å². The largest absolute Gasteiger partial charge is 1.00 e. The molecule has 3 atom stereocenters. The molecule has 1 fully saturated rings. The van der Waals surface area contributed by atoms with Crippen LogP contribution >= 0.6 is 11.8 Å². The third-order valence-corrected chi connectivity index (χ3v) is 4.40. The number of carboxylic acids is 1. The number of hydrogen-bond acceptors (Lipinski definition) is 7. The molecule has 0 aromatic rings. The van der Waals surface area contributed by atoms with Crippen LogP contribution in [0.2, 0.25) is 0 Å². The minimum Gasteiger partial charge on any atom is -0.543 e. The molecule has 0 saturated carbocycles. The van der Waals surface area contributed by atoms with Gasteiger partial charge in [0, 0.05) is 25.6 Å². The van der Waals surface area contributed by atoms with Crippen molar-refractivity contribution in [2.75, 3.05) is 6.54 Å². The van der Waals surface area contributed by atoms with Gasteiger partial charge in [0.1, 0.15) is 6.04 Å². The zero-order valence-electron chi connectivity index (χ0n) is 12.5. The number of hydrogen-bond donors (Lipinski definition) is 2. The molecular weight excluding hydrogens is 319 g/mol. The molecule has 7 nitrogen and oxygen atoms in total. The fourth-order valence-electron chi connectivity index (χ4n) is 2.48. The predicted molar refractivity (Wildman–Crippen MR) is 73.3 cm³/mol. The number of nitrogens with zero attached hydrogens (tertiary/aromatic N) is 1. The van der Waals surface area contributed by atoms with Crippen LogP contribution in [0.5, 0.6) is 0 Å². The Balaban J connectivity index is 0.00000242. The third-order valence-electron chi connectivity index (χ3n) is 3.50. The minimum atomic E-state index is -1.41. The van der Waals surface area contributed by atoms with Crippen LogP contribution in [0.25, 0.3) is 0 Å². The standard InChI is InChI=1S/C13H16N2O5S.Na/c1-6(16)8-5-15-9(8)11(18)12(10(15)13(19)20)21-4-3-14-7(2)17;/h3-4,6,8-9,16H,5H2,1-2H3,(H,14,17)(H,19,20);/q;+1/p-1. The fraction of sp³-hybridized carbons (Fsp3) is 0.462. The maximum atomic E-state index is 12.3. The van der Waals surface area contributed by atoms with Gasteiger partial charge in [-0.3, -0.25) is 9.59 Å². The fourth-order valence-corrected chi connectivity index (χ4v) is 3.30. The van der Waals surface area contributed by atoms with Gasteiger partial charge in [0.2, 0.25) is 5.91 Å². The van der Waals surface area contributed by atoms with Crippen LogP contribution in [0.4, 0.5) is 0 Å². The summed E-state index contributed by atoms with van der Waals surface area (Å²) in [6, 6.07) is -0.630. The average Bonchev–Trinajstić information content (AvgIpc) is 2.53. The smallest absolute Gasteiger partial charge is 0.543 e. The van der Waals surface area contributed by atoms with Crippen LogP contribution < -0.4 is 40.0 Å². The molecule has 0 radical (unpaired) electrons. The zero-order valence-corrected chi connectivity index (χ0v) is 15.3. The minimum absolute atomic E-state index is 0. The Kier molecular flexibility index (Phi) is 6.69. The quantitative estimate of drug-likeness (QED) is 0.488. The van der Waals surface area contributed by atoms with Crippen molar-refractivity contribution in [3.05, 3.63) is 22.2 Å². The monoisotopic (exact) mass is 334 g/mol. The molecule has 2 aliphatic rings. The number of aliphatic carboxylic acids is 1. The van der Waals surface area contributed by atoms with Gasteiger partial charge >= 0.3 is 29.6 Å². The van der Waals surface area contributed by atoms with Crippen LogP contribution in [0.3, 0.4) is 0 Å². The van der Waals surface area contributed by atoms with E-state index in [0.717, 1.165) is 11.8 Å². The van der Waals surface area contributed by atoms with E-state index in [-0.39, 0.29) is 57.8 Å².